The molecule has 1 amide bonds. The van der Waals surface area contributed by atoms with Gasteiger partial charge in [0.25, 0.3) is 5.91 Å². The third kappa shape index (κ3) is 3.08. The van der Waals surface area contributed by atoms with Crippen LogP contribution in [0.25, 0.3) is 0 Å². The molecule has 1 aromatic rings. The highest BCUT2D eigenvalue weighted by molar-refractivity contribution is 5.92. The molecule has 0 aromatic carbocycles. The van der Waals surface area contributed by atoms with Gasteiger partial charge in [0.15, 0.2) is 0 Å². The Bertz CT molecular complexity index is 480. The lowest BCUT2D eigenvalue weighted by Gasteiger charge is -2.34. The largest absolute Gasteiger partial charge is 0.335 e. The zero-order valence-corrected chi connectivity index (χ0v) is 11.6. The number of aromatic nitrogens is 1. The number of nitrogens with one attached hydrogen (secondary N) is 1. The summed E-state index contributed by atoms with van der Waals surface area (Å²) in [7, 11) is 0. The summed E-state index contributed by atoms with van der Waals surface area (Å²) in [6.45, 7) is 4.71. The van der Waals surface area contributed by atoms with Gasteiger partial charge in [0.1, 0.15) is 11.5 Å². The van der Waals surface area contributed by atoms with Crippen molar-refractivity contribution in [3.05, 3.63) is 23.9 Å². The molecule has 0 atom stereocenters. The Balaban J connectivity index is 1.57. The lowest BCUT2D eigenvalue weighted by Crippen LogP contribution is -2.49. The van der Waals surface area contributed by atoms with Crippen molar-refractivity contribution < 1.29 is 4.79 Å². The molecule has 1 aromatic heterocycles. The molecule has 0 spiro atoms. The second-order valence-electron chi connectivity index (χ2n) is 5.59. The first-order valence-electron chi connectivity index (χ1n) is 7.21. The maximum atomic E-state index is 12.4. The molecular formula is C14H21N5O. The van der Waals surface area contributed by atoms with Crippen LogP contribution >= 0.6 is 0 Å². The number of nitrogen functional groups attached to an aromatic ring is 1. The standard InChI is InChI=1S/C14H21N5O/c15-17-13-3-1-2-12(16-13)14(20)19-8-6-18(7-9-19)10-11-4-5-11/h1-3,11H,4-10,15H2,(H,16,17). The van der Waals surface area contributed by atoms with Crippen molar-refractivity contribution in [2.24, 2.45) is 11.8 Å². The summed E-state index contributed by atoms with van der Waals surface area (Å²) in [5, 5.41) is 0. The molecule has 1 saturated carbocycles. The average Bonchev–Trinajstić information content (AvgIpc) is 3.31. The van der Waals surface area contributed by atoms with E-state index in [4.69, 9.17) is 5.84 Å². The monoisotopic (exact) mass is 275 g/mol. The molecule has 0 unspecified atom stereocenters. The van der Waals surface area contributed by atoms with Crippen molar-refractivity contribution in [3.63, 3.8) is 0 Å². The third-order valence-electron chi connectivity index (χ3n) is 3.99. The van der Waals surface area contributed by atoms with Crippen molar-refractivity contribution >= 4 is 11.7 Å². The number of carbonyl (C=O) groups excluding carboxylic acids is 1. The summed E-state index contributed by atoms with van der Waals surface area (Å²) in [5.41, 5.74) is 2.93. The fourth-order valence-corrected chi connectivity index (χ4v) is 2.60. The summed E-state index contributed by atoms with van der Waals surface area (Å²) in [4.78, 5) is 20.9. The van der Waals surface area contributed by atoms with Crippen LogP contribution in [0.5, 0.6) is 0 Å². The first kappa shape index (κ1) is 13.3. The van der Waals surface area contributed by atoms with Gasteiger partial charge in [-0.3, -0.25) is 9.69 Å². The minimum atomic E-state index is -0.00632. The Kier molecular flexibility index (Phi) is 3.84. The number of nitrogens with zero attached hydrogens (tertiary/aromatic N) is 3. The maximum Gasteiger partial charge on any atom is 0.272 e. The molecule has 2 fully saturated rings. The van der Waals surface area contributed by atoms with E-state index in [1.165, 1.54) is 19.4 Å². The van der Waals surface area contributed by atoms with E-state index < -0.39 is 0 Å². The van der Waals surface area contributed by atoms with Crippen molar-refractivity contribution in [2.75, 3.05) is 38.1 Å². The quantitative estimate of drug-likeness (QED) is 0.619. The van der Waals surface area contributed by atoms with Gasteiger partial charge < -0.3 is 10.3 Å². The van der Waals surface area contributed by atoms with Crippen LogP contribution in [0.1, 0.15) is 23.3 Å². The predicted molar refractivity (Wildman–Crippen MR) is 77.1 cm³/mol. The van der Waals surface area contributed by atoms with Crippen LogP contribution in [0.15, 0.2) is 18.2 Å². The van der Waals surface area contributed by atoms with Gasteiger partial charge in [-0.25, -0.2) is 10.8 Å². The molecule has 1 saturated heterocycles. The second kappa shape index (κ2) is 5.76. The minimum Gasteiger partial charge on any atom is -0.335 e. The molecule has 0 bridgehead atoms. The average molecular weight is 275 g/mol. The Morgan fingerprint density at radius 3 is 2.70 bits per heavy atom. The molecule has 20 heavy (non-hydrogen) atoms. The fourth-order valence-electron chi connectivity index (χ4n) is 2.60. The molecule has 3 N–H and O–H groups in total. The van der Waals surface area contributed by atoms with Gasteiger partial charge in [-0.1, -0.05) is 6.07 Å². The van der Waals surface area contributed by atoms with Crippen LogP contribution in [0, 0.1) is 5.92 Å². The van der Waals surface area contributed by atoms with Crippen molar-refractivity contribution in [1.29, 1.82) is 0 Å². The molecule has 0 radical (unpaired) electrons. The lowest BCUT2D eigenvalue weighted by molar-refractivity contribution is 0.0626. The van der Waals surface area contributed by atoms with E-state index in [1.54, 1.807) is 18.2 Å². The summed E-state index contributed by atoms with van der Waals surface area (Å²) < 4.78 is 0. The smallest absolute Gasteiger partial charge is 0.272 e. The van der Waals surface area contributed by atoms with Crippen molar-refractivity contribution in [1.82, 2.24) is 14.8 Å². The normalized spacial score (nSPS) is 19.9. The Morgan fingerprint density at radius 2 is 2.05 bits per heavy atom. The first-order valence-corrected chi connectivity index (χ1v) is 7.21. The van der Waals surface area contributed by atoms with Gasteiger partial charge in [0.2, 0.25) is 0 Å². The van der Waals surface area contributed by atoms with E-state index in [0.29, 0.717) is 11.5 Å². The number of piperazine rings is 1. The minimum absolute atomic E-state index is 0.00632. The topological polar surface area (TPSA) is 74.5 Å². The third-order valence-corrected chi connectivity index (χ3v) is 3.99. The van der Waals surface area contributed by atoms with Crippen LogP contribution in [0.3, 0.4) is 0 Å². The van der Waals surface area contributed by atoms with E-state index in [9.17, 15) is 4.79 Å². The van der Waals surface area contributed by atoms with Crippen LogP contribution in [-0.4, -0.2) is 53.4 Å². The SMILES string of the molecule is NNc1cccc(C(=O)N2CCN(CC3CC3)CC2)n1. The highest BCUT2D eigenvalue weighted by atomic mass is 16.2. The number of hydrazine groups is 1. The number of hydrogen-bond donors (Lipinski definition) is 2. The molecule has 1 aliphatic heterocycles. The maximum absolute atomic E-state index is 12.4. The first-order chi connectivity index (χ1) is 9.76. The van der Waals surface area contributed by atoms with E-state index in [1.807, 2.05) is 4.90 Å². The summed E-state index contributed by atoms with van der Waals surface area (Å²) in [6, 6.07) is 5.27. The number of amides is 1. The second-order valence-corrected chi connectivity index (χ2v) is 5.59. The van der Waals surface area contributed by atoms with Crippen molar-refractivity contribution in [2.45, 2.75) is 12.8 Å². The van der Waals surface area contributed by atoms with Gasteiger partial charge >= 0.3 is 0 Å². The highest BCUT2D eigenvalue weighted by Crippen LogP contribution is 2.29. The number of rotatable bonds is 4. The van der Waals surface area contributed by atoms with Gasteiger partial charge in [-0.2, -0.15) is 0 Å². The van der Waals surface area contributed by atoms with E-state index in [0.717, 1.165) is 32.1 Å². The van der Waals surface area contributed by atoms with Crippen LogP contribution in [-0.2, 0) is 0 Å². The fraction of sp³-hybridized carbons (Fsp3) is 0.571. The summed E-state index contributed by atoms with van der Waals surface area (Å²) >= 11 is 0. The van der Waals surface area contributed by atoms with Crippen LogP contribution in [0.4, 0.5) is 5.82 Å². The molecule has 6 nitrogen and oxygen atoms in total. The summed E-state index contributed by atoms with van der Waals surface area (Å²) in [5.74, 6) is 6.74. The number of pyridine rings is 1. The zero-order chi connectivity index (χ0) is 13.9. The van der Waals surface area contributed by atoms with Gasteiger partial charge in [0.05, 0.1) is 0 Å². The molecule has 2 heterocycles. The molecule has 3 rings (SSSR count). The zero-order valence-electron chi connectivity index (χ0n) is 11.6. The summed E-state index contributed by atoms with van der Waals surface area (Å²) in [6.07, 6.45) is 2.75. The predicted octanol–water partition coefficient (Wildman–Crippen LogP) is 0.535. The van der Waals surface area contributed by atoms with Crippen LogP contribution in [0.2, 0.25) is 0 Å². The molecular weight excluding hydrogens is 254 g/mol. The number of anilines is 1. The highest BCUT2D eigenvalue weighted by Gasteiger charge is 2.28. The Hall–Kier alpha value is -1.66. The van der Waals surface area contributed by atoms with Gasteiger partial charge in [-0.05, 0) is 30.9 Å². The Labute approximate surface area is 118 Å². The molecule has 108 valence electrons. The van der Waals surface area contributed by atoms with Crippen LogP contribution < -0.4 is 11.3 Å². The van der Waals surface area contributed by atoms with E-state index in [2.05, 4.69) is 15.3 Å². The molecule has 1 aliphatic carbocycles. The number of nitrogens with two attached hydrogens (primary N) is 1. The van der Waals surface area contributed by atoms with Gasteiger partial charge in [0, 0.05) is 32.7 Å². The number of hydrogen-bond acceptors (Lipinski definition) is 5. The lowest BCUT2D eigenvalue weighted by atomic mass is 10.2. The van der Waals surface area contributed by atoms with E-state index in [-0.39, 0.29) is 5.91 Å². The molecule has 2 aliphatic rings. The van der Waals surface area contributed by atoms with Gasteiger partial charge in [-0.15, -0.1) is 0 Å². The molecule has 6 heteroatoms. The van der Waals surface area contributed by atoms with Crippen molar-refractivity contribution in [3.8, 4) is 0 Å². The Morgan fingerprint density at radius 1 is 1.30 bits per heavy atom. The van der Waals surface area contributed by atoms with E-state index >= 15 is 0 Å². The number of carbonyl (C=O) groups is 1.